The van der Waals surface area contributed by atoms with Crippen LogP contribution >= 0.6 is 0 Å². The first kappa shape index (κ1) is 13.1. The normalized spacial score (nSPS) is 10.0. The molecule has 96 valence electrons. The first-order valence-corrected chi connectivity index (χ1v) is 6.07. The number of rotatable bonds is 3. The molecule has 0 aromatic heterocycles. The Bertz CT molecular complexity index is 609. The molecule has 2 aromatic carbocycles. The van der Waals surface area contributed by atoms with Crippen molar-refractivity contribution in [2.24, 2.45) is 0 Å². The standard InChI is InChI=1S/C17H16O2/c1-12-6-4-5-7-16(12)13(2)14-8-10-15(11-9-14)17(18)19-3/h4-11H,2H2,1,3H3. The van der Waals surface area contributed by atoms with E-state index in [-0.39, 0.29) is 5.97 Å². The molecule has 0 aliphatic rings. The largest absolute Gasteiger partial charge is 0.465 e. The van der Waals surface area contributed by atoms with Crippen LogP contribution in [0.1, 0.15) is 27.0 Å². The minimum atomic E-state index is -0.326. The molecule has 0 N–H and O–H groups in total. The molecular formula is C17H16O2. The molecule has 0 fully saturated rings. The van der Waals surface area contributed by atoms with E-state index in [0.29, 0.717) is 5.56 Å². The highest BCUT2D eigenvalue weighted by Gasteiger charge is 2.08. The van der Waals surface area contributed by atoms with Gasteiger partial charge in [-0.15, -0.1) is 0 Å². The lowest BCUT2D eigenvalue weighted by Crippen LogP contribution is -2.00. The maximum Gasteiger partial charge on any atom is 0.337 e. The van der Waals surface area contributed by atoms with Crippen LogP contribution in [0.3, 0.4) is 0 Å². The minimum absolute atomic E-state index is 0.326. The maximum absolute atomic E-state index is 11.4. The molecule has 0 aliphatic carbocycles. The summed E-state index contributed by atoms with van der Waals surface area (Å²) in [5.74, 6) is -0.326. The van der Waals surface area contributed by atoms with Crippen molar-refractivity contribution in [1.29, 1.82) is 0 Å². The van der Waals surface area contributed by atoms with E-state index < -0.39 is 0 Å². The van der Waals surface area contributed by atoms with E-state index in [0.717, 1.165) is 16.7 Å². The van der Waals surface area contributed by atoms with Gasteiger partial charge in [0.2, 0.25) is 0 Å². The average molecular weight is 252 g/mol. The molecule has 0 atom stereocenters. The average Bonchev–Trinajstić information content (AvgIpc) is 2.46. The topological polar surface area (TPSA) is 26.3 Å². The van der Waals surface area contributed by atoms with Crippen molar-refractivity contribution in [3.05, 3.63) is 77.4 Å². The van der Waals surface area contributed by atoms with Crippen LogP contribution in [0, 0.1) is 6.92 Å². The number of hydrogen-bond acceptors (Lipinski definition) is 2. The van der Waals surface area contributed by atoms with E-state index in [1.807, 2.05) is 30.3 Å². The van der Waals surface area contributed by atoms with E-state index in [2.05, 4.69) is 24.3 Å². The molecule has 2 nitrogen and oxygen atoms in total. The van der Waals surface area contributed by atoms with E-state index in [1.165, 1.54) is 12.7 Å². The Kier molecular flexibility index (Phi) is 3.81. The number of benzene rings is 2. The number of hydrogen-bond donors (Lipinski definition) is 0. The Labute approximate surface area is 113 Å². The van der Waals surface area contributed by atoms with E-state index in [1.54, 1.807) is 12.1 Å². The summed E-state index contributed by atoms with van der Waals surface area (Å²) in [6.45, 7) is 6.19. The molecule has 0 bridgehead atoms. The van der Waals surface area contributed by atoms with Gasteiger partial charge in [-0.1, -0.05) is 43.0 Å². The molecule has 0 saturated heterocycles. The fraction of sp³-hybridized carbons (Fsp3) is 0.118. The van der Waals surface area contributed by atoms with Crippen molar-refractivity contribution in [1.82, 2.24) is 0 Å². The first-order chi connectivity index (χ1) is 9.13. The molecule has 0 saturated carbocycles. The van der Waals surface area contributed by atoms with Gasteiger partial charge in [0.15, 0.2) is 0 Å². The lowest BCUT2D eigenvalue weighted by atomic mass is 9.95. The van der Waals surface area contributed by atoms with Crippen LogP contribution in [-0.2, 0) is 4.74 Å². The zero-order chi connectivity index (χ0) is 13.8. The van der Waals surface area contributed by atoms with Gasteiger partial charge in [-0.25, -0.2) is 4.79 Å². The summed E-state index contributed by atoms with van der Waals surface area (Å²) in [5.41, 5.74) is 4.80. The van der Waals surface area contributed by atoms with Crippen molar-refractivity contribution >= 4 is 11.5 Å². The van der Waals surface area contributed by atoms with Gasteiger partial charge in [0.05, 0.1) is 12.7 Å². The summed E-state index contributed by atoms with van der Waals surface area (Å²) < 4.78 is 4.68. The predicted molar refractivity (Wildman–Crippen MR) is 77.1 cm³/mol. The molecule has 0 radical (unpaired) electrons. The number of carbonyl (C=O) groups is 1. The second-order valence-corrected chi connectivity index (χ2v) is 4.36. The lowest BCUT2D eigenvalue weighted by molar-refractivity contribution is 0.0601. The van der Waals surface area contributed by atoms with E-state index >= 15 is 0 Å². The molecule has 0 heterocycles. The fourth-order valence-electron chi connectivity index (χ4n) is 1.99. The van der Waals surface area contributed by atoms with Crippen molar-refractivity contribution in [3.63, 3.8) is 0 Å². The maximum atomic E-state index is 11.4. The minimum Gasteiger partial charge on any atom is -0.465 e. The summed E-state index contributed by atoms with van der Waals surface area (Å²) in [6, 6.07) is 15.4. The van der Waals surface area contributed by atoms with Gasteiger partial charge >= 0.3 is 5.97 Å². The van der Waals surface area contributed by atoms with Crippen molar-refractivity contribution in [2.75, 3.05) is 7.11 Å². The van der Waals surface area contributed by atoms with Crippen LogP contribution in [0.5, 0.6) is 0 Å². The van der Waals surface area contributed by atoms with Crippen LogP contribution in [0.15, 0.2) is 55.1 Å². The number of carbonyl (C=O) groups excluding carboxylic acids is 1. The Hall–Kier alpha value is -2.35. The van der Waals surface area contributed by atoms with Gasteiger partial charge in [-0.05, 0) is 41.3 Å². The Morgan fingerprint density at radius 2 is 1.58 bits per heavy atom. The number of methoxy groups -OCH3 is 1. The Morgan fingerprint density at radius 3 is 2.16 bits per heavy atom. The highest BCUT2D eigenvalue weighted by atomic mass is 16.5. The summed E-state index contributed by atoms with van der Waals surface area (Å²) in [6.07, 6.45) is 0. The molecule has 0 unspecified atom stereocenters. The third-order valence-corrected chi connectivity index (χ3v) is 3.12. The summed E-state index contributed by atoms with van der Waals surface area (Å²) in [7, 11) is 1.38. The van der Waals surface area contributed by atoms with E-state index in [4.69, 9.17) is 0 Å². The third kappa shape index (κ3) is 2.74. The Morgan fingerprint density at radius 1 is 1.00 bits per heavy atom. The van der Waals surface area contributed by atoms with Crippen LogP contribution < -0.4 is 0 Å². The molecule has 2 aromatic rings. The smallest absolute Gasteiger partial charge is 0.337 e. The quantitative estimate of drug-likeness (QED) is 0.776. The predicted octanol–water partition coefficient (Wildman–Crippen LogP) is 3.84. The molecule has 2 heteroatoms. The molecule has 0 aliphatic heterocycles. The van der Waals surface area contributed by atoms with Crippen LogP contribution in [-0.4, -0.2) is 13.1 Å². The lowest BCUT2D eigenvalue weighted by Gasteiger charge is -2.10. The Balaban J connectivity index is 2.31. The van der Waals surface area contributed by atoms with Gasteiger partial charge < -0.3 is 4.74 Å². The van der Waals surface area contributed by atoms with Crippen molar-refractivity contribution in [2.45, 2.75) is 6.92 Å². The number of aryl methyl sites for hydroxylation is 1. The molecule has 0 spiro atoms. The highest BCUT2D eigenvalue weighted by molar-refractivity contribution is 5.90. The van der Waals surface area contributed by atoms with Crippen LogP contribution in [0.2, 0.25) is 0 Å². The zero-order valence-electron chi connectivity index (χ0n) is 11.1. The molecule has 0 amide bonds. The molecular weight excluding hydrogens is 236 g/mol. The molecule has 2 rings (SSSR count). The van der Waals surface area contributed by atoms with Gasteiger partial charge in [0.1, 0.15) is 0 Å². The highest BCUT2D eigenvalue weighted by Crippen LogP contribution is 2.24. The van der Waals surface area contributed by atoms with Crippen LogP contribution in [0.25, 0.3) is 5.57 Å². The number of esters is 1. The summed E-state index contributed by atoms with van der Waals surface area (Å²) in [5, 5.41) is 0. The third-order valence-electron chi connectivity index (χ3n) is 3.12. The van der Waals surface area contributed by atoms with Crippen LogP contribution in [0.4, 0.5) is 0 Å². The molecule has 19 heavy (non-hydrogen) atoms. The first-order valence-electron chi connectivity index (χ1n) is 6.07. The zero-order valence-corrected chi connectivity index (χ0v) is 11.1. The monoisotopic (exact) mass is 252 g/mol. The van der Waals surface area contributed by atoms with Gasteiger partial charge in [-0.3, -0.25) is 0 Å². The van der Waals surface area contributed by atoms with Gasteiger partial charge in [-0.2, -0.15) is 0 Å². The number of ether oxygens (including phenoxy) is 1. The van der Waals surface area contributed by atoms with Gasteiger partial charge in [0, 0.05) is 0 Å². The second-order valence-electron chi connectivity index (χ2n) is 4.36. The summed E-state index contributed by atoms with van der Waals surface area (Å²) >= 11 is 0. The van der Waals surface area contributed by atoms with Crippen molar-refractivity contribution < 1.29 is 9.53 Å². The van der Waals surface area contributed by atoms with E-state index in [9.17, 15) is 4.79 Å². The summed E-state index contributed by atoms with van der Waals surface area (Å²) in [4.78, 5) is 11.4. The SMILES string of the molecule is C=C(c1ccc(C(=O)OC)cc1)c1ccccc1C. The van der Waals surface area contributed by atoms with Gasteiger partial charge in [0.25, 0.3) is 0 Å². The fourth-order valence-corrected chi connectivity index (χ4v) is 1.99. The van der Waals surface area contributed by atoms with Crippen molar-refractivity contribution in [3.8, 4) is 0 Å². The second kappa shape index (κ2) is 5.53.